The fraction of sp³-hybridized carbons (Fsp3) is 0.440. The van der Waals surface area contributed by atoms with Gasteiger partial charge in [-0.25, -0.2) is 0 Å². The van der Waals surface area contributed by atoms with E-state index in [-0.39, 0.29) is 5.91 Å². The van der Waals surface area contributed by atoms with Crippen molar-refractivity contribution in [2.24, 2.45) is 4.99 Å². The Morgan fingerprint density at radius 3 is 2.48 bits per heavy atom. The number of ether oxygens (including phenoxy) is 1. The third-order valence-electron chi connectivity index (χ3n) is 4.80. The van der Waals surface area contributed by atoms with Crippen molar-refractivity contribution < 1.29 is 9.53 Å². The molecule has 0 aromatic heterocycles. The first kappa shape index (κ1) is 24.3. The molecule has 0 saturated heterocycles. The molecule has 31 heavy (non-hydrogen) atoms. The molecule has 0 bridgehead atoms. The summed E-state index contributed by atoms with van der Waals surface area (Å²) in [7, 11) is 3.52. The zero-order chi connectivity index (χ0) is 22.6. The van der Waals surface area contributed by atoms with E-state index >= 15 is 0 Å². The van der Waals surface area contributed by atoms with Crippen LogP contribution in [-0.2, 0) is 6.42 Å². The maximum absolute atomic E-state index is 12.1. The van der Waals surface area contributed by atoms with E-state index in [4.69, 9.17) is 4.74 Å². The van der Waals surface area contributed by atoms with E-state index in [1.807, 2.05) is 43.3 Å². The Bertz CT molecular complexity index is 845. The van der Waals surface area contributed by atoms with Gasteiger partial charge < -0.3 is 20.3 Å². The molecule has 6 nitrogen and oxygen atoms in total. The van der Waals surface area contributed by atoms with E-state index in [9.17, 15) is 4.79 Å². The molecular weight excluding hydrogens is 388 g/mol. The second-order valence-corrected chi connectivity index (χ2v) is 7.91. The van der Waals surface area contributed by atoms with Gasteiger partial charge in [-0.2, -0.15) is 0 Å². The van der Waals surface area contributed by atoms with Crippen molar-refractivity contribution in [3.8, 4) is 5.75 Å². The van der Waals surface area contributed by atoms with Gasteiger partial charge in [0.15, 0.2) is 5.96 Å². The SMILES string of the molecule is CCNC(=NCCc1cccc(C(=O)N(C)C)c1)NCCOc1ccc(C(C)C)cc1. The molecule has 0 unspecified atom stereocenters. The monoisotopic (exact) mass is 424 g/mol. The molecular formula is C25H36N4O2. The van der Waals surface area contributed by atoms with E-state index < -0.39 is 0 Å². The molecule has 0 heterocycles. The predicted octanol–water partition coefficient (Wildman–Crippen LogP) is 3.69. The van der Waals surface area contributed by atoms with Gasteiger partial charge in [-0.1, -0.05) is 38.1 Å². The van der Waals surface area contributed by atoms with Gasteiger partial charge in [-0.15, -0.1) is 0 Å². The minimum Gasteiger partial charge on any atom is -0.492 e. The number of guanidine groups is 1. The van der Waals surface area contributed by atoms with Gasteiger partial charge in [-0.3, -0.25) is 9.79 Å². The first-order valence-corrected chi connectivity index (χ1v) is 11.0. The smallest absolute Gasteiger partial charge is 0.253 e. The number of rotatable bonds is 10. The van der Waals surface area contributed by atoms with Gasteiger partial charge in [0.05, 0.1) is 6.54 Å². The van der Waals surface area contributed by atoms with Crippen LogP contribution in [-0.4, -0.2) is 57.1 Å². The Kier molecular flexibility index (Phi) is 9.88. The van der Waals surface area contributed by atoms with Crippen molar-refractivity contribution in [3.05, 3.63) is 65.2 Å². The van der Waals surface area contributed by atoms with Crippen LogP contribution in [0.3, 0.4) is 0 Å². The minimum atomic E-state index is 0.0132. The molecule has 2 N–H and O–H groups in total. The number of carbonyl (C=O) groups is 1. The van der Waals surface area contributed by atoms with Crippen LogP contribution >= 0.6 is 0 Å². The molecule has 6 heteroatoms. The van der Waals surface area contributed by atoms with E-state index in [0.717, 1.165) is 30.2 Å². The highest BCUT2D eigenvalue weighted by atomic mass is 16.5. The Hall–Kier alpha value is -3.02. The highest BCUT2D eigenvalue weighted by Crippen LogP contribution is 2.18. The molecule has 0 fully saturated rings. The molecule has 0 atom stereocenters. The second kappa shape index (κ2) is 12.6. The van der Waals surface area contributed by atoms with Crippen molar-refractivity contribution in [2.45, 2.75) is 33.1 Å². The second-order valence-electron chi connectivity index (χ2n) is 7.91. The highest BCUT2D eigenvalue weighted by molar-refractivity contribution is 5.94. The Balaban J connectivity index is 1.81. The van der Waals surface area contributed by atoms with Crippen molar-refractivity contribution in [1.82, 2.24) is 15.5 Å². The molecule has 0 spiro atoms. The van der Waals surface area contributed by atoms with Crippen LogP contribution in [0, 0.1) is 0 Å². The minimum absolute atomic E-state index is 0.0132. The maximum atomic E-state index is 12.1. The summed E-state index contributed by atoms with van der Waals surface area (Å²) in [5, 5.41) is 6.56. The van der Waals surface area contributed by atoms with E-state index in [1.54, 1.807) is 19.0 Å². The van der Waals surface area contributed by atoms with Crippen molar-refractivity contribution >= 4 is 11.9 Å². The zero-order valence-electron chi connectivity index (χ0n) is 19.4. The average Bonchev–Trinajstić information content (AvgIpc) is 2.76. The van der Waals surface area contributed by atoms with Crippen LogP contribution in [0.5, 0.6) is 5.75 Å². The third kappa shape index (κ3) is 8.32. The molecule has 2 aromatic carbocycles. The van der Waals surface area contributed by atoms with E-state index in [1.165, 1.54) is 5.56 Å². The van der Waals surface area contributed by atoms with Crippen LogP contribution in [0.1, 0.15) is 48.2 Å². The Labute approximate surface area is 186 Å². The molecule has 0 aliphatic carbocycles. The fourth-order valence-electron chi connectivity index (χ4n) is 3.04. The quantitative estimate of drug-likeness (QED) is 0.347. The van der Waals surface area contributed by atoms with Gasteiger partial charge >= 0.3 is 0 Å². The Morgan fingerprint density at radius 1 is 1.10 bits per heavy atom. The number of nitrogens with one attached hydrogen (secondary N) is 2. The number of nitrogens with zero attached hydrogens (tertiary/aromatic N) is 2. The number of hydrogen-bond donors (Lipinski definition) is 2. The van der Waals surface area contributed by atoms with Gasteiger partial charge in [0, 0.05) is 32.7 Å². The summed E-state index contributed by atoms with van der Waals surface area (Å²) in [5.74, 6) is 2.17. The summed E-state index contributed by atoms with van der Waals surface area (Å²) in [6, 6.07) is 16.0. The van der Waals surface area contributed by atoms with Gasteiger partial charge in [0.25, 0.3) is 5.91 Å². The van der Waals surface area contributed by atoms with Crippen molar-refractivity contribution in [3.63, 3.8) is 0 Å². The lowest BCUT2D eigenvalue weighted by Crippen LogP contribution is -2.39. The van der Waals surface area contributed by atoms with Crippen LogP contribution in [0.4, 0.5) is 0 Å². The topological polar surface area (TPSA) is 66.0 Å². The maximum Gasteiger partial charge on any atom is 0.253 e. The molecule has 2 rings (SSSR count). The summed E-state index contributed by atoms with van der Waals surface area (Å²) in [4.78, 5) is 18.4. The summed E-state index contributed by atoms with van der Waals surface area (Å²) in [6.45, 7) is 9.04. The number of aliphatic imine (C=N–C) groups is 1. The van der Waals surface area contributed by atoms with Crippen LogP contribution in [0.15, 0.2) is 53.5 Å². The van der Waals surface area contributed by atoms with Gasteiger partial charge in [0.1, 0.15) is 12.4 Å². The number of amides is 1. The number of carbonyl (C=O) groups excluding carboxylic acids is 1. The molecule has 0 aliphatic heterocycles. The third-order valence-corrected chi connectivity index (χ3v) is 4.80. The standard InChI is InChI=1S/C25H36N4O2/c1-6-26-25(28-16-17-31-23-12-10-21(11-13-23)19(2)3)27-15-14-20-8-7-9-22(18-20)24(30)29(4)5/h7-13,18-19H,6,14-17H2,1-5H3,(H2,26,27,28). The lowest BCUT2D eigenvalue weighted by molar-refractivity contribution is 0.0827. The molecule has 0 radical (unpaired) electrons. The molecule has 2 aromatic rings. The number of hydrogen-bond acceptors (Lipinski definition) is 3. The Morgan fingerprint density at radius 2 is 1.84 bits per heavy atom. The van der Waals surface area contributed by atoms with Gasteiger partial charge in [0.2, 0.25) is 0 Å². The normalized spacial score (nSPS) is 11.4. The van der Waals surface area contributed by atoms with Crippen LogP contribution in [0.25, 0.3) is 0 Å². The summed E-state index contributed by atoms with van der Waals surface area (Å²) < 4.78 is 5.82. The fourth-order valence-corrected chi connectivity index (χ4v) is 3.04. The van der Waals surface area contributed by atoms with Crippen molar-refractivity contribution in [2.75, 3.05) is 40.3 Å². The molecule has 0 aliphatic rings. The van der Waals surface area contributed by atoms with Crippen molar-refractivity contribution in [1.29, 1.82) is 0 Å². The highest BCUT2D eigenvalue weighted by Gasteiger charge is 2.08. The van der Waals surface area contributed by atoms with Crippen LogP contribution < -0.4 is 15.4 Å². The lowest BCUT2D eigenvalue weighted by Gasteiger charge is -2.13. The summed E-state index contributed by atoms with van der Waals surface area (Å²) in [6.07, 6.45) is 0.768. The number of benzene rings is 2. The largest absolute Gasteiger partial charge is 0.492 e. The van der Waals surface area contributed by atoms with E-state index in [2.05, 4.69) is 41.6 Å². The zero-order valence-corrected chi connectivity index (χ0v) is 19.4. The average molecular weight is 425 g/mol. The molecule has 0 saturated carbocycles. The predicted molar refractivity (Wildman–Crippen MR) is 128 cm³/mol. The first-order valence-electron chi connectivity index (χ1n) is 11.0. The molecule has 1 amide bonds. The summed E-state index contributed by atoms with van der Waals surface area (Å²) in [5.41, 5.74) is 3.11. The van der Waals surface area contributed by atoms with Crippen LogP contribution in [0.2, 0.25) is 0 Å². The summed E-state index contributed by atoms with van der Waals surface area (Å²) >= 11 is 0. The lowest BCUT2D eigenvalue weighted by atomic mass is 10.0. The van der Waals surface area contributed by atoms with Gasteiger partial charge in [-0.05, 0) is 54.7 Å². The van der Waals surface area contributed by atoms with E-state index in [0.29, 0.717) is 31.2 Å². The molecule has 168 valence electrons. The first-order chi connectivity index (χ1) is 14.9.